The van der Waals surface area contributed by atoms with Crippen molar-refractivity contribution < 1.29 is 13.9 Å². The van der Waals surface area contributed by atoms with Gasteiger partial charge in [-0.3, -0.25) is 0 Å². The molecule has 1 aliphatic rings. The van der Waals surface area contributed by atoms with Crippen molar-refractivity contribution in [1.82, 2.24) is 10.6 Å². The van der Waals surface area contributed by atoms with Gasteiger partial charge in [-0.2, -0.15) is 0 Å². The van der Waals surface area contributed by atoms with Gasteiger partial charge < -0.3 is 19.8 Å². The number of hydrogen-bond donors (Lipinski definition) is 2. The fourth-order valence-electron chi connectivity index (χ4n) is 2.16. The zero-order valence-corrected chi connectivity index (χ0v) is 11.4. The number of carbonyl (C=O) groups is 1. The van der Waals surface area contributed by atoms with Gasteiger partial charge in [-0.15, -0.1) is 0 Å². The van der Waals surface area contributed by atoms with Crippen molar-refractivity contribution in [1.29, 1.82) is 0 Å². The summed E-state index contributed by atoms with van der Waals surface area (Å²) in [6.07, 6.45) is 4.67. The van der Waals surface area contributed by atoms with Crippen molar-refractivity contribution in [3.8, 4) is 5.75 Å². The topological polar surface area (TPSA) is 63.5 Å². The Hall–Kier alpha value is -2.17. The van der Waals surface area contributed by atoms with E-state index >= 15 is 0 Å². The number of fused-ring (bicyclic) bond motifs is 1. The monoisotopic (exact) mass is 274 g/mol. The van der Waals surface area contributed by atoms with Gasteiger partial charge in [0.05, 0.1) is 13.4 Å². The first kappa shape index (κ1) is 12.8. The number of nitrogens with one attached hydrogen (secondary N) is 2. The zero-order chi connectivity index (χ0) is 13.9. The molecule has 0 saturated heterocycles. The van der Waals surface area contributed by atoms with Crippen molar-refractivity contribution in [2.75, 3.05) is 13.7 Å². The van der Waals surface area contributed by atoms with Gasteiger partial charge in [-0.1, -0.05) is 0 Å². The van der Waals surface area contributed by atoms with E-state index in [9.17, 15) is 4.79 Å². The van der Waals surface area contributed by atoms with Gasteiger partial charge in [-0.05, 0) is 37.5 Å². The molecule has 0 spiro atoms. The van der Waals surface area contributed by atoms with Gasteiger partial charge in [0.2, 0.25) is 0 Å². The Bertz CT molecular complexity index is 617. The fraction of sp³-hybridized carbons (Fsp3) is 0.400. The maximum absolute atomic E-state index is 11.5. The number of carbonyl (C=O) groups excluding carboxylic acids is 1. The summed E-state index contributed by atoms with van der Waals surface area (Å²) in [5, 5.41) is 6.79. The highest BCUT2D eigenvalue weighted by molar-refractivity contribution is 5.82. The molecule has 0 radical (unpaired) electrons. The van der Waals surface area contributed by atoms with Crippen LogP contribution in [0, 0.1) is 0 Å². The minimum atomic E-state index is -0.0853. The lowest BCUT2D eigenvalue weighted by molar-refractivity contribution is 0.240. The van der Waals surface area contributed by atoms with E-state index in [0.717, 1.165) is 41.5 Å². The van der Waals surface area contributed by atoms with Crippen molar-refractivity contribution in [3.05, 3.63) is 30.0 Å². The number of ether oxygens (including phenoxy) is 1. The molecule has 2 aromatic rings. The minimum Gasteiger partial charge on any atom is -0.497 e. The van der Waals surface area contributed by atoms with E-state index in [4.69, 9.17) is 9.15 Å². The normalized spacial score (nSPS) is 14.2. The lowest BCUT2D eigenvalue weighted by Gasteiger charge is -2.05. The third-order valence-electron chi connectivity index (χ3n) is 3.45. The molecule has 1 saturated carbocycles. The number of amides is 2. The number of benzene rings is 1. The molecule has 1 aromatic heterocycles. The first-order valence-corrected chi connectivity index (χ1v) is 6.85. The first-order chi connectivity index (χ1) is 9.76. The molecule has 1 aromatic carbocycles. The van der Waals surface area contributed by atoms with E-state index in [0.29, 0.717) is 12.6 Å². The van der Waals surface area contributed by atoms with Gasteiger partial charge in [0.25, 0.3) is 0 Å². The molecule has 1 heterocycles. The second kappa shape index (κ2) is 5.45. The lowest BCUT2D eigenvalue weighted by atomic mass is 10.1. The Morgan fingerprint density at radius 2 is 2.30 bits per heavy atom. The van der Waals surface area contributed by atoms with Crippen LogP contribution < -0.4 is 15.4 Å². The van der Waals surface area contributed by atoms with Crippen molar-refractivity contribution >= 4 is 17.0 Å². The molecule has 2 amide bonds. The van der Waals surface area contributed by atoms with Crippen LogP contribution in [-0.4, -0.2) is 25.7 Å². The predicted octanol–water partition coefficient (Wildman–Crippen LogP) is 2.45. The summed E-state index contributed by atoms with van der Waals surface area (Å²) in [4.78, 5) is 11.5. The number of rotatable bonds is 5. The summed E-state index contributed by atoms with van der Waals surface area (Å²) in [7, 11) is 1.64. The van der Waals surface area contributed by atoms with Crippen LogP contribution in [0.1, 0.15) is 18.4 Å². The first-order valence-electron chi connectivity index (χ1n) is 6.85. The second-order valence-electron chi connectivity index (χ2n) is 5.05. The number of hydrogen-bond acceptors (Lipinski definition) is 3. The lowest BCUT2D eigenvalue weighted by Crippen LogP contribution is -2.37. The summed E-state index contributed by atoms with van der Waals surface area (Å²) in [6, 6.07) is 6.02. The highest BCUT2D eigenvalue weighted by Gasteiger charge is 2.22. The molecule has 106 valence electrons. The molecule has 0 aliphatic heterocycles. The van der Waals surface area contributed by atoms with Crippen molar-refractivity contribution in [2.24, 2.45) is 0 Å². The quantitative estimate of drug-likeness (QED) is 0.880. The average molecular weight is 274 g/mol. The van der Waals surface area contributed by atoms with Gasteiger partial charge in [-0.25, -0.2) is 4.79 Å². The molecular formula is C15H18N2O3. The van der Waals surface area contributed by atoms with E-state index < -0.39 is 0 Å². The van der Waals surface area contributed by atoms with Crippen LogP contribution in [-0.2, 0) is 6.42 Å². The smallest absolute Gasteiger partial charge is 0.315 e. The molecule has 0 bridgehead atoms. The highest BCUT2D eigenvalue weighted by atomic mass is 16.5. The summed E-state index contributed by atoms with van der Waals surface area (Å²) in [5.41, 5.74) is 1.91. The van der Waals surface area contributed by atoms with E-state index in [1.165, 1.54) is 0 Å². The highest BCUT2D eigenvalue weighted by Crippen LogP contribution is 2.25. The SMILES string of the molecule is COc1ccc2occ(CCNC(=O)NC3CC3)c2c1. The second-order valence-corrected chi connectivity index (χ2v) is 5.05. The summed E-state index contributed by atoms with van der Waals surface area (Å²) in [5.74, 6) is 0.805. The molecule has 20 heavy (non-hydrogen) atoms. The van der Waals surface area contributed by atoms with E-state index in [1.54, 1.807) is 13.4 Å². The Balaban J connectivity index is 1.60. The molecule has 5 heteroatoms. The van der Waals surface area contributed by atoms with E-state index in [1.807, 2.05) is 18.2 Å². The fourth-order valence-corrected chi connectivity index (χ4v) is 2.16. The molecule has 1 aliphatic carbocycles. The maximum Gasteiger partial charge on any atom is 0.315 e. The Labute approximate surface area is 117 Å². The van der Waals surface area contributed by atoms with Gasteiger partial charge >= 0.3 is 6.03 Å². The maximum atomic E-state index is 11.5. The zero-order valence-electron chi connectivity index (χ0n) is 11.4. The molecule has 2 N–H and O–H groups in total. The number of urea groups is 1. The predicted molar refractivity (Wildman–Crippen MR) is 76.0 cm³/mol. The van der Waals surface area contributed by atoms with E-state index in [2.05, 4.69) is 10.6 Å². The van der Waals surface area contributed by atoms with Crippen LogP contribution in [0.5, 0.6) is 5.75 Å². The Morgan fingerprint density at radius 1 is 1.45 bits per heavy atom. The van der Waals surface area contributed by atoms with Crippen LogP contribution >= 0.6 is 0 Å². The summed E-state index contributed by atoms with van der Waals surface area (Å²) < 4.78 is 10.7. The molecule has 0 unspecified atom stereocenters. The third kappa shape index (κ3) is 2.87. The molecule has 0 atom stereocenters. The Kier molecular flexibility index (Phi) is 3.50. The van der Waals surface area contributed by atoms with Crippen LogP contribution in [0.25, 0.3) is 11.0 Å². The average Bonchev–Trinajstić information content (AvgIpc) is 3.18. The van der Waals surface area contributed by atoms with Crippen LogP contribution in [0.3, 0.4) is 0 Å². The van der Waals surface area contributed by atoms with Crippen LogP contribution in [0.15, 0.2) is 28.9 Å². The van der Waals surface area contributed by atoms with Gasteiger partial charge in [0.15, 0.2) is 0 Å². The third-order valence-corrected chi connectivity index (χ3v) is 3.45. The molecule has 1 fully saturated rings. The van der Waals surface area contributed by atoms with Gasteiger partial charge in [0, 0.05) is 23.5 Å². The standard InChI is InChI=1S/C15H18N2O3/c1-19-12-4-5-14-13(8-12)10(9-20-14)6-7-16-15(18)17-11-2-3-11/h4-5,8-9,11H,2-3,6-7H2,1H3,(H2,16,17,18). The largest absolute Gasteiger partial charge is 0.497 e. The number of furan rings is 1. The summed E-state index contributed by atoms with van der Waals surface area (Å²) in [6.45, 7) is 0.588. The minimum absolute atomic E-state index is 0.0853. The molecule has 3 rings (SSSR count). The molecule has 5 nitrogen and oxygen atoms in total. The van der Waals surface area contributed by atoms with Crippen molar-refractivity contribution in [2.45, 2.75) is 25.3 Å². The van der Waals surface area contributed by atoms with E-state index in [-0.39, 0.29) is 6.03 Å². The van der Waals surface area contributed by atoms with Gasteiger partial charge in [0.1, 0.15) is 11.3 Å². The Morgan fingerprint density at radius 3 is 3.05 bits per heavy atom. The molecular weight excluding hydrogens is 256 g/mol. The summed E-state index contributed by atoms with van der Waals surface area (Å²) >= 11 is 0. The van der Waals surface area contributed by atoms with Crippen molar-refractivity contribution in [3.63, 3.8) is 0 Å². The number of methoxy groups -OCH3 is 1. The van der Waals surface area contributed by atoms with Crippen LogP contribution in [0.4, 0.5) is 4.79 Å². The van der Waals surface area contributed by atoms with Crippen LogP contribution in [0.2, 0.25) is 0 Å².